The van der Waals surface area contributed by atoms with Crippen LogP contribution in [0, 0.1) is 0 Å². The lowest BCUT2D eigenvalue weighted by Crippen LogP contribution is -2.66. The molecule has 7 N–H and O–H groups in total. The van der Waals surface area contributed by atoms with Gasteiger partial charge in [-0.3, -0.25) is 0 Å². The van der Waals surface area contributed by atoms with Crippen molar-refractivity contribution in [1.82, 2.24) is 0 Å². The highest BCUT2D eigenvalue weighted by Crippen LogP contribution is 2.35. The molecule has 0 aromatic rings. The maximum atomic E-state index is 10.5. The van der Waals surface area contributed by atoms with Gasteiger partial charge < -0.3 is 54.7 Å². The lowest BCUT2D eigenvalue weighted by molar-refractivity contribution is -0.297. The second-order valence-electron chi connectivity index (χ2n) is 9.10. The molecule has 11 nitrogen and oxygen atoms in total. The van der Waals surface area contributed by atoms with E-state index in [1.165, 1.54) is 7.11 Å². The van der Waals surface area contributed by atoms with E-state index in [9.17, 15) is 35.7 Å². The summed E-state index contributed by atoms with van der Waals surface area (Å²) in [7, 11) is 1.44. The summed E-state index contributed by atoms with van der Waals surface area (Å²) in [5, 5.41) is 71.1. The van der Waals surface area contributed by atoms with Crippen molar-refractivity contribution in [2.45, 2.75) is 106 Å². The van der Waals surface area contributed by atoms with E-state index in [0.29, 0.717) is 6.42 Å². The van der Waals surface area contributed by atoms with E-state index in [-0.39, 0.29) is 6.61 Å². The number of aliphatic hydroxyl groups excluding tert-OH is 7. The minimum atomic E-state index is -1.55. The van der Waals surface area contributed by atoms with Crippen LogP contribution in [0.25, 0.3) is 0 Å². The molecule has 31 heavy (non-hydrogen) atoms. The van der Waals surface area contributed by atoms with Crippen molar-refractivity contribution >= 4 is 0 Å². The Morgan fingerprint density at radius 1 is 0.742 bits per heavy atom. The van der Waals surface area contributed by atoms with Crippen molar-refractivity contribution in [3.63, 3.8) is 0 Å². The van der Waals surface area contributed by atoms with Gasteiger partial charge in [0, 0.05) is 7.11 Å². The minimum absolute atomic E-state index is 0.236. The van der Waals surface area contributed by atoms with E-state index in [2.05, 4.69) is 0 Å². The Bertz CT molecular complexity index is 573. The second-order valence-corrected chi connectivity index (χ2v) is 9.10. The average Bonchev–Trinajstić information content (AvgIpc) is 2.75. The normalized spacial score (nSPS) is 44.1. The monoisotopic (exact) mass is 454 g/mol. The van der Waals surface area contributed by atoms with Crippen molar-refractivity contribution in [2.24, 2.45) is 0 Å². The van der Waals surface area contributed by atoms with Gasteiger partial charge in [0.15, 0.2) is 0 Å². The summed E-state index contributed by atoms with van der Waals surface area (Å²) in [6.07, 6.45) is -12.7. The molecule has 2 aliphatic rings. The molecule has 11 heteroatoms. The Morgan fingerprint density at radius 3 is 1.71 bits per heavy atom. The van der Waals surface area contributed by atoms with Gasteiger partial charge in [-0.15, -0.1) is 0 Å². The number of aliphatic hydroxyl groups is 7. The fourth-order valence-electron chi connectivity index (χ4n) is 4.04. The van der Waals surface area contributed by atoms with Gasteiger partial charge in [-0.1, -0.05) is 6.92 Å². The predicted molar refractivity (Wildman–Crippen MR) is 106 cm³/mol. The van der Waals surface area contributed by atoms with Crippen LogP contribution in [0.2, 0.25) is 0 Å². The van der Waals surface area contributed by atoms with Crippen LogP contribution >= 0.6 is 0 Å². The number of rotatable bonds is 8. The van der Waals surface area contributed by atoms with Gasteiger partial charge >= 0.3 is 0 Å². The van der Waals surface area contributed by atoms with Crippen LogP contribution < -0.4 is 0 Å². The van der Waals surface area contributed by atoms with E-state index >= 15 is 0 Å². The molecule has 0 radical (unpaired) electrons. The predicted octanol–water partition coefficient (Wildman–Crippen LogP) is -2.71. The SMILES string of the molecule is CCC(C)(OCC1OC(C(C)(C)OC)C(O)C(O)C1O)C1OC(CO)C(O)C(O)C1O. The van der Waals surface area contributed by atoms with Gasteiger partial charge in [0.2, 0.25) is 0 Å². The summed E-state index contributed by atoms with van der Waals surface area (Å²) in [5.41, 5.74) is -2.17. The highest BCUT2D eigenvalue weighted by atomic mass is 16.6. The average molecular weight is 455 g/mol. The number of hydrogen-bond acceptors (Lipinski definition) is 11. The lowest BCUT2D eigenvalue weighted by Gasteiger charge is -2.49. The summed E-state index contributed by atoms with van der Waals surface area (Å²) in [5.74, 6) is 0. The molecule has 0 aromatic carbocycles. The maximum Gasteiger partial charge on any atom is 0.115 e. The first-order valence-corrected chi connectivity index (χ1v) is 10.5. The molecule has 11 atom stereocenters. The van der Waals surface area contributed by atoms with Gasteiger partial charge in [0.25, 0.3) is 0 Å². The van der Waals surface area contributed by atoms with Crippen LogP contribution in [0.5, 0.6) is 0 Å². The zero-order valence-electron chi connectivity index (χ0n) is 18.7. The molecule has 2 saturated heterocycles. The summed E-state index contributed by atoms with van der Waals surface area (Å²) in [4.78, 5) is 0. The van der Waals surface area contributed by atoms with E-state index in [1.807, 2.05) is 0 Å². The van der Waals surface area contributed by atoms with Crippen LogP contribution in [0.1, 0.15) is 34.1 Å². The summed E-state index contributed by atoms with van der Waals surface area (Å²) in [6.45, 7) is 5.93. The van der Waals surface area contributed by atoms with Crippen LogP contribution in [-0.2, 0) is 18.9 Å². The summed E-state index contributed by atoms with van der Waals surface area (Å²) >= 11 is 0. The standard InChI is InChI=1S/C20H38O11/c1-6-20(4,18-16(27)13(24)11(22)9(7-21)30-18)29-8-10-12(23)14(25)15(26)17(31-10)19(2,3)28-5/h9-18,21-27H,6-8H2,1-5H3. The number of ether oxygens (including phenoxy) is 4. The largest absolute Gasteiger partial charge is 0.394 e. The third-order valence-electron chi connectivity index (χ3n) is 6.70. The van der Waals surface area contributed by atoms with Crippen molar-refractivity contribution in [1.29, 1.82) is 0 Å². The van der Waals surface area contributed by atoms with Gasteiger partial charge in [0.1, 0.15) is 61.0 Å². The molecule has 0 aromatic heterocycles. The third-order valence-corrected chi connectivity index (χ3v) is 6.70. The Morgan fingerprint density at radius 2 is 1.23 bits per heavy atom. The van der Waals surface area contributed by atoms with Crippen molar-refractivity contribution in [2.75, 3.05) is 20.3 Å². The van der Waals surface area contributed by atoms with Gasteiger partial charge in [-0.05, 0) is 27.2 Å². The Kier molecular flexibility index (Phi) is 8.84. The maximum absolute atomic E-state index is 10.5. The fraction of sp³-hybridized carbons (Fsp3) is 1.00. The first kappa shape index (κ1) is 26.8. The molecule has 2 aliphatic heterocycles. The van der Waals surface area contributed by atoms with Crippen LogP contribution in [0.15, 0.2) is 0 Å². The first-order chi connectivity index (χ1) is 14.3. The van der Waals surface area contributed by atoms with Gasteiger partial charge in [-0.25, -0.2) is 0 Å². The fourth-order valence-corrected chi connectivity index (χ4v) is 4.04. The molecular formula is C20H38O11. The van der Waals surface area contributed by atoms with Gasteiger partial charge in [-0.2, -0.15) is 0 Å². The minimum Gasteiger partial charge on any atom is -0.394 e. The zero-order valence-corrected chi connectivity index (χ0v) is 18.7. The molecule has 0 amide bonds. The van der Waals surface area contributed by atoms with Crippen LogP contribution in [-0.4, -0.2) is 128 Å². The summed E-state index contributed by atoms with van der Waals surface area (Å²) < 4.78 is 22.8. The molecule has 0 aliphatic carbocycles. The molecular weight excluding hydrogens is 416 g/mol. The van der Waals surface area contributed by atoms with Crippen molar-refractivity contribution in [3.8, 4) is 0 Å². The second kappa shape index (κ2) is 10.2. The highest BCUT2D eigenvalue weighted by Gasteiger charge is 2.53. The Hall–Kier alpha value is -0.440. The van der Waals surface area contributed by atoms with Gasteiger partial charge in [0.05, 0.1) is 24.4 Å². The lowest BCUT2D eigenvalue weighted by atomic mass is 9.84. The molecule has 0 spiro atoms. The van der Waals surface area contributed by atoms with E-state index in [4.69, 9.17) is 18.9 Å². The Balaban J connectivity index is 2.17. The molecule has 2 heterocycles. The number of methoxy groups -OCH3 is 1. The van der Waals surface area contributed by atoms with E-state index in [0.717, 1.165) is 0 Å². The van der Waals surface area contributed by atoms with Crippen LogP contribution in [0.3, 0.4) is 0 Å². The third kappa shape index (κ3) is 5.22. The van der Waals surface area contributed by atoms with Crippen molar-refractivity contribution in [3.05, 3.63) is 0 Å². The Labute approximate surface area is 182 Å². The zero-order chi connectivity index (χ0) is 23.7. The smallest absolute Gasteiger partial charge is 0.115 e. The molecule has 2 fully saturated rings. The topological polar surface area (TPSA) is 179 Å². The number of hydrogen-bond donors (Lipinski definition) is 7. The highest BCUT2D eigenvalue weighted by molar-refractivity contribution is 5.02. The van der Waals surface area contributed by atoms with E-state index < -0.39 is 78.8 Å². The molecule has 0 saturated carbocycles. The van der Waals surface area contributed by atoms with E-state index in [1.54, 1.807) is 27.7 Å². The molecule has 2 rings (SSSR count). The molecule has 184 valence electrons. The molecule has 11 unspecified atom stereocenters. The molecule has 0 bridgehead atoms. The first-order valence-electron chi connectivity index (χ1n) is 10.5. The quantitative estimate of drug-likeness (QED) is 0.203. The summed E-state index contributed by atoms with van der Waals surface area (Å²) in [6, 6.07) is 0. The van der Waals surface area contributed by atoms with Crippen LogP contribution in [0.4, 0.5) is 0 Å². The van der Waals surface area contributed by atoms with Crippen molar-refractivity contribution < 1.29 is 54.7 Å².